The summed E-state index contributed by atoms with van der Waals surface area (Å²) in [5, 5.41) is 3.65. The number of anilines is 1. The molecule has 2 aromatic carbocycles. The number of benzene rings is 2. The minimum absolute atomic E-state index is 0.349. The fraction of sp³-hybridized carbons (Fsp3) is 0.0625. The number of amides is 1. The highest BCUT2D eigenvalue weighted by Gasteiger charge is 2.13. The number of fused-ring (bicyclic) bond motifs is 1. The van der Waals surface area contributed by atoms with Gasteiger partial charge >= 0.3 is 0 Å². The Morgan fingerprint density at radius 3 is 2.82 bits per heavy atom. The molecule has 22 heavy (non-hydrogen) atoms. The van der Waals surface area contributed by atoms with Crippen molar-refractivity contribution in [2.24, 2.45) is 0 Å². The van der Waals surface area contributed by atoms with E-state index in [0.29, 0.717) is 32.9 Å². The zero-order valence-corrected chi connectivity index (χ0v) is 12.4. The highest BCUT2D eigenvalue weighted by atomic mass is 35.5. The van der Waals surface area contributed by atoms with Gasteiger partial charge in [-0.2, -0.15) is 0 Å². The third-order valence-corrected chi connectivity index (χ3v) is 3.59. The first kappa shape index (κ1) is 14.4. The Bertz CT molecular complexity index is 860. The first-order valence-corrected chi connectivity index (χ1v) is 6.88. The molecule has 1 amide bonds. The smallest absolute Gasteiger partial charge is 0.257 e. The molecule has 0 saturated carbocycles. The Morgan fingerprint density at radius 2 is 2.09 bits per heavy atom. The van der Waals surface area contributed by atoms with E-state index < -0.39 is 5.82 Å². The predicted molar refractivity (Wildman–Crippen MR) is 84.2 cm³/mol. The van der Waals surface area contributed by atoms with E-state index in [1.54, 1.807) is 30.5 Å². The van der Waals surface area contributed by atoms with Gasteiger partial charge in [0.15, 0.2) is 0 Å². The summed E-state index contributed by atoms with van der Waals surface area (Å²) in [6.07, 6.45) is 1.55. The lowest BCUT2D eigenvalue weighted by molar-refractivity contribution is 0.102. The van der Waals surface area contributed by atoms with E-state index in [9.17, 15) is 9.18 Å². The van der Waals surface area contributed by atoms with Crippen LogP contribution < -0.4 is 10.1 Å². The molecule has 1 aromatic heterocycles. The number of hydrogen-bond donors (Lipinski definition) is 2. The molecule has 0 spiro atoms. The average Bonchev–Trinajstić information content (AvgIpc) is 2.90. The van der Waals surface area contributed by atoms with Gasteiger partial charge in [0.2, 0.25) is 0 Å². The van der Waals surface area contributed by atoms with Crippen LogP contribution in [0.25, 0.3) is 10.9 Å². The number of hydrogen-bond acceptors (Lipinski definition) is 2. The van der Waals surface area contributed by atoms with E-state index in [1.807, 2.05) is 0 Å². The van der Waals surface area contributed by atoms with Gasteiger partial charge in [-0.05, 0) is 36.4 Å². The number of rotatable bonds is 3. The Labute approximate surface area is 130 Å². The van der Waals surface area contributed by atoms with Crippen molar-refractivity contribution in [1.82, 2.24) is 4.98 Å². The van der Waals surface area contributed by atoms with Crippen LogP contribution in [0.2, 0.25) is 5.02 Å². The number of ether oxygens (including phenoxy) is 1. The van der Waals surface area contributed by atoms with E-state index in [2.05, 4.69) is 10.3 Å². The van der Waals surface area contributed by atoms with E-state index in [4.69, 9.17) is 16.3 Å². The van der Waals surface area contributed by atoms with Gasteiger partial charge in [-0.25, -0.2) is 4.39 Å². The second kappa shape index (κ2) is 5.69. The molecule has 1 heterocycles. The quantitative estimate of drug-likeness (QED) is 0.759. The van der Waals surface area contributed by atoms with Crippen LogP contribution in [-0.2, 0) is 0 Å². The predicted octanol–water partition coefficient (Wildman–Crippen LogP) is 4.22. The monoisotopic (exact) mass is 318 g/mol. The molecule has 3 rings (SSSR count). The Balaban J connectivity index is 1.90. The Morgan fingerprint density at radius 1 is 1.27 bits per heavy atom. The summed E-state index contributed by atoms with van der Waals surface area (Å²) >= 11 is 6.02. The van der Waals surface area contributed by atoms with Crippen molar-refractivity contribution in [1.29, 1.82) is 0 Å². The molecular formula is C16H12ClFN2O2. The van der Waals surface area contributed by atoms with Gasteiger partial charge in [-0.1, -0.05) is 11.6 Å². The lowest BCUT2D eigenvalue weighted by atomic mass is 10.1. The van der Waals surface area contributed by atoms with Crippen LogP contribution in [0.3, 0.4) is 0 Å². The molecule has 0 aliphatic rings. The largest absolute Gasteiger partial charge is 0.495 e. The summed E-state index contributed by atoms with van der Waals surface area (Å²) in [6.45, 7) is 0. The van der Waals surface area contributed by atoms with Crippen LogP contribution in [-0.4, -0.2) is 18.0 Å². The van der Waals surface area contributed by atoms with Crippen LogP contribution in [0, 0.1) is 5.82 Å². The first-order chi connectivity index (χ1) is 10.6. The molecule has 2 N–H and O–H groups in total. The summed E-state index contributed by atoms with van der Waals surface area (Å²) < 4.78 is 18.4. The number of halogens is 2. The van der Waals surface area contributed by atoms with Crippen molar-refractivity contribution in [3.8, 4) is 5.75 Å². The topological polar surface area (TPSA) is 54.1 Å². The number of aromatic nitrogens is 1. The van der Waals surface area contributed by atoms with E-state index >= 15 is 0 Å². The highest BCUT2D eigenvalue weighted by Crippen LogP contribution is 2.28. The van der Waals surface area contributed by atoms with Crippen molar-refractivity contribution in [2.45, 2.75) is 0 Å². The summed E-state index contributed by atoms with van der Waals surface area (Å²) in [6, 6.07) is 9.18. The van der Waals surface area contributed by atoms with Crippen molar-refractivity contribution in [3.63, 3.8) is 0 Å². The van der Waals surface area contributed by atoms with Crippen LogP contribution in [0.1, 0.15) is 10.4 Å². The molecule has 0 fully saturated rings. The molecule has 112 valence electrons. The van der Waals surface area contributed by atoms with Crippen LogP contribution >= 0.6 is 11.6 Å². The Kier molecular flexibility index (Phi) is 3.73. The summed E-state index contributed by atoms with van der Waals surface area (Å²) in [5.74, 6) is -0.222. The van der Waals surface area contributed by atoms with Crippen LogP contribution in [0.15, 0.2) is 42.6 Å². The normalized spacial score (nSPS) is 10.7. The van der Waals surface area contributed by atoms with Gasteiger partial charge in [0, 0.05) is 22.8 Å². The molecule has 0 unspecified atom stereocenters. The molecule has 3 aromatic rings. The standard InChI is InChI=1S/C16H12ClFN2O2/c1-22-15-5-3-10(7-13(15)17)20-16(21)12-8-19-14-4-2-9(18)6-11(12)14/h2-8,19H,1H3,(H,20,21). The highest BCUT2D eigenvalue weighted by molar-refractivity contribution is 6.32. The van der Waals surface area contributed by atoms with E-state index in [1.165, 1.54) is 19.2 Å². The number of aromatic amines is 1. The minimum atomic E-state index is -0.395. The SMILES string of the molecule is COc1ccc(NC(=O)c2c[nH]c3ccc(F)cc23)cc1Cl. The minimum Gasteiger partial charge on any atom is -0.495 e. The molecule has 4 nitrogen and oxygen atoms in total. The molecule has 0 radical (unpaired) electrons. The average molecular weight is 319 g/mol. The number of carbonyl (C=O) groups is 1. The van der Waals surface area contributed by atoms with Gasteiger partial charge in [-0.3, -0.25) is 4.79 Å². The Hall–Kier alpha value is -2.53. The van der Waals surface area contributed by atoms with Crippen LogP contribution in [0.5, 0.6) is 5.75 Å². The van der Waals surface area contributed by atoms with Gasteiger partial charge in [0.1, 0.15) is 11.6 Å². The molecule has 0 atom stereocenters. The van der Waals surface area contributed by atoms with Gasteiger partial charge < -0.3 is 15.0 Å². The summed E-state index contributed by atoms with van der Waals surface area (Å²) in [4.78, 5) is 15.3. The molecule has 6 heteroatoms. The molecule has 0 bridgehead atoms. The lowest BCUT2D eigenvalue weighted by Crippen LogP contribution is -2.11. The van der Waals surface area contributed by atoms with Crippen molar-refractivity contribution in [3.05, 3.63) is 59.0 Å². The number of nitrogens with one attached hydrogen (secondary N) is 2. The second-order valence-electron chi connectivity index (χ2n) is 4.70. The fourth-order valence-electron chi connectivity index (χ4n) is 2.22. The molecule has 0 aliphatic heterocycles. The van der Waals surface area contributed by atoms with E-state index in [0.717, 1.165) is 0 Å². The third kappa shape index (κ3) is 2.63. The lowest BCUT2D eigenvalue weighted by Gasteiger charge is -2.07. The fourth-order valence-corrected chi connectivity index (χ4v) is 2.48. The van der Waals surface area contributed by atoms with E-state index in [-0.39, 0.29) is 5.91 Å². The molecular weight excluding hydrogens is 307 g/mol. The first-order valence-electron chi connectivity index (χ1n) is 6.50. The molecule has 0 saturated heterocycles. The molecule has 0 aliphatic carbocycles. The summed E-state index contributed by atoms with van der Waals surface area (Å²) in [5.41, 5.74) is 1.59. The van der Waals surface area contributed by atoms with Gasteiger partial charge in [0.25, 0.3) is 5.91 Å². The number of carbonyl (C=O) groups excluding carboxylic acids is 1. The zero-order chi connectivity index (χ0) is 15.7. The van der Waals surface area contributed by atoms with Crippen LogP contribution in [0.4, 0.5) is 10.1 Å². The van der Waals surface area contributed by atoms with Crippen molar-refractivity contribution < 1.29 is 13.9 Å². The maximum Gasteiger partial charge on any atom is 0.257 e. The van der Waals surface area contributed by atoms with Gasteiger partial charge in [0.05, 0.1) is 17.7 Å². The summed E-state index contributed by atoms with van der Waals surface area (Å²) in [7, 11) is 1.51. The van der Waals surface area contributed by atoms with Crippen molar-refractivity contribution >= 4 is 34.1 Å². The third-order valence-electron chi connectivity index (χ3n) is 3.30. The zero-order valence-electron chi connectivity index (χ0n) is 11.6. The number of H-pyrrole nitrogens is 1. The van der Waals surface area contributed by atoms with Gasteiger partial charge in [-0.15, -0.1) is 0 Å². The van der Waals surface area contributed by atoms with Crippen molar-refractivity contribution in [2.75, 3.05) is 12.4 Å². The number of methoxy groups -OCH3 is 1. The second-order valence-corrected chi connectivity index (χ2v) is 5.10. The maximum atomic E-state index is 13.3. The maximum absolute atomic E-state index is 13.3.